The first-order chi connectivity index (χ1) is 20.2. The first-order valence-corrected chi connectivity index (χ1v) is 19.3. The lowest BCUT2D eigenvalue weighted by atomic mass is 10.0. The van der Waals surface area contributed by atoms with Crippen molar-refractivity contribution >= 4 is 0 Å². The topological polar surface area (TPSA) is 20.2 Å². The van der Waals surface area contributed by atoms with Crippen LogP contribution in [0.1, 0.15) is 206 Å². The molecule has 42 heavy (non-hydrogen) atoms. The third-order valence-corrected chi connectivity index (χ3v) is 9.40. The summed E-state index contributed by atoms with van der Waals surface area (Å²) >= 11 is 0. The van der Waals surface area contributed by atoms with Gasteiger partial charge in [-0.05, 0) is 51.4 Å². The summed E-state index contributed by atoms with van der Waals surface area (Å²) in [5, 5.41) is 9.65. The first kappa shape index (κ1) is 44.1. The summed E-state index contributed by atoms with van der Waals surface area (Å²) in [6.45, 7) is 8.37. The molecule has 0 fully saturated rings. The zero-order chi connectivity index (χ0) is 30.0. The first-order valence-electron chi connectivity index (χ1n) is 19.3. The number of rotatable bonds is 35. The summed E-state index contributed by atoms with van der Waals surface area (Å²) in [4.78, 5) is 0. The molecular formula is C39H80ClNO. The average molecular weight is 615 g/mol. The molecule has 3 heteroatoms. The number of allylic oxidation sites excluding steroid dienone is 2. The number of aliphatic hydroxyl groups excluding tert-OH is 1. The standard InChI is InChI=1S/C39H80NO.ClH/c1-4-6-8-10-12-14-16-18-20-22-24-26-28-30-32-34-36-40(3,38-39-41)37-35-33-31-29-27-25-23-21-19-17-15-13-11-9-7-5-2;/h18,20,41H,4-17,19,21-39H2,1-3H3;1H/q+1;/p-1/b20-18-;. The second-order valence-corrected chi connectivity index (χ2v) is 13.8. The van der Waals surface area contributed by atoms with Crippen LogP contribution in [0.5, 0.6) is 0 Å². The van der Waals surface area contributed by atoms with Gasteiger partial charge in [-0.2, -0.15) is 0 Å². The molecule has 0 rings (SSSR count). The SMILES string of the molecule is CCCCCCCC/C=C\CCCCCCCC[N+](C)(CCO)CCCCCCCCCCCCCCCCCC.[Cl-]. The fourth-order valence-electron chi connectivity index (χ4n) is 6.36. The van der Waals surface area contributed by atoms with Crippen LogP contribution in [0.4, 0.5) is 0 Å². The van der Waals surface area contributed by atoms with Crippen molar-refractivity contribution in [1.29, 1.82) is 0 Å². The smallest absolute Gasteiger partial charge is 0.102 e. The molecule has 1 N–H and O–H groups in total. The van der Waals surface area contributed by atoms with Gasteiger partial charge in [0.15, 0.2) is 0 Å². The Morgan fingerprint density at radius 2 is 0.643 bits per heavy atom. The van der Waals surface area contributed by atoms with E-state index in [9.17, 15) is 5.11 Å². The summed E-state index contributed by atoms with van der Waals surface area (Å²) in [7, 11) is 2.39. The molecule has 0 aromatic rings. The van der Waals surface area contributed by atoms with Crippen molar-refractivity contribution in [3.05, 3.63) is 12.2 Å². The highest BCUT2D eigenvalue weighted by molar-refractivity contribution is 4.81. The Morgan fingerprint density at radius 3 is 0.929 bits per heavy atom. The van der Waals surface area contributed by atoms with E-state index < -0.39 is 0 Å². The van der Waals surface area contributed by atoms with Crippen molar-refractivity contribution in [3.63, 3.8) is 0 Å². The van der Waals surface area contributed by atoms with Crippen LogP contribution in [0.2, 0.25) is 0 Å². The molecule has 0 aromatic carbocycles. The lowest BCUT2D eigenvalue weighted by Crippen LogP contribution is -3.00. The van der Waals surface area contributed by atoms with Gasteiger partial charge >= 0.3 is 0 Å². The summed E-state index contributed by atoms with van der Waals surface area (Å²) in [5.41, 5.74) is 0. The molecule has 0 aliphatic heterocycles. The molecule has 1 unspecified atom stereocenters. The van der Waals surface area contributed by atoms with Crippen molar-refractivity contribution < 1.29 is 22.0 Å². The molecule has 254 valence electrons. The Labute approximate surface area is 273 Å². The Bertz CT molecular complexity index is 511. The number of aliphatic hydroxyl groups is 1. The van der Waals surface area contributed by atoms with Crippen molar-refractivity contribution in [2.75, 3.05) is 33.3 Å². The quantitative estimate of drug-likeness (QED) is 0.0428. The zero-order valence-corrected chi connectivity index (χ0v) is 30.2. The van der Waals surface area contributed by atoms with E-state index in [-0.39, 0.29) is 12.4 Å². The monoisotopic (exact) mass is 614 g/mol. The van der Waals surface area contributed by atoms with Gasteiger partial charge in [0.25, 0.3) is 0 Å². The maximum Gasteiger partial charge on any atom is 0.102 e. The van der Waals surface area contributed by atoms with Crippen molar-refractivity contribution in [3.8, 4) is 0 Å². The molecule has 0 amide bonds. The molecule has 0 bridgehead atoms. The summed E-state index contributed by atoms with van der Waals surface area (Å²) in [6.07, 6.45) is 47.0. The molecule has 0 heterocycles. The van der Waals surface area contributed by atoms with Crippen LogP contribution in [0.25, 0.3) is 0 Å². The second kappa shape index (κ2) is 37.1. The van der Waals surface area contributed by atoms with Gasteiger partial charge in [-0.25, -0.2) is 0 Å². The van der Waals surface area contributed by atoms with Crippen LogP contribution in [-0.2, 0) is 0 Å². The molecule has 0 radical (unpaired) electrons. The normalized spacial score (nSPS) is 13.0. The lowest BCUT2D eigenvalue weighted by Gasteiger charge is -2.34. The van der Waals surface area contributed by atoms with Gasteiger partial charge in [0.05, 0.1) is 26.7 Å². The van der Waals surface area contributed by atoms with Crippen LogP contribution in [0.3, 0.4) is 0 Å². The molecule has 0 aliphatic carbocycles. The molecule has 0 saturated heterocycles. The maximum absolute atomic E-state index is 9.65. The number of likely N-dealkylation sites (N-methyl/N-ethyl adjacent to an activating group) is 1. The largest absolute Gasteiger partial charge is 1.00 e. The van der Waals surface area contributed by atoms with Gasteiger partial charge in [-0.3, -0.25) is 0 Å². The van der Waals surface area contributed by atoms with Crippen molar-refractivity contribution in [1.82, 2.24) is 0 Å². The lowest BCUT2D eigenvalue weighted by molar-refractivity contribution is -0.910. The van der Waals surface area contributed by atoms with E-state index in [1.165, 1.54) is 206 Å². The van der Waals surface area contributed by atoms with E-state index in [0.29, 0.717) is 6.61 Å². The zero-order valence-electron chi connectivity index (χ0n) is 29.5. The Morgan fingerprint density at radius 1 is 0.381 bits per heavy atom. The molecule has 0 spiro atoms. The van der Waals surface area contributed by atoms with Crippen LogP contribution in [0, 0.1) is 0 Å². The number of halogens is 1. The van der Waals surface area contributed by atoms with E-state index >= 15 is 0 Å². The van der Waals surface area contributed by atoms with E-state index in [1.54, 1.807) is 0 Å². The highest BCUT2D eigenvalue weighted by atomic mass is 35.5. The van der Waals surface area contributed by atoms with Crippen molar-refractivity contribution in [2.45, 2.75) is 206 Å². The molecule has 0 aromatic heterocycles. The summed E-state index contributed by atoms with van der Waals surface area (Å²) in [6, 6.07) is 0. The maximum atomic E-state index is 9.65. The highest BCUT2D eigenvalue weighted by Gasteiger charge is 2.19. The van der Waals surface area contributed by atoms with Gasteiger partial charge in [-0.15, -0.1) is 0 Å². The predicted octanol–water partition coefficient (Wildman–Crippen LogP) is 9.73. The number of nitrogens with zero attached hydrogens (tertiary/aromatic N) is 1. The van der Waals surface area contributed by atoms with Crippen LogP contribution in [0.15, 0.2) is 12.2 Å². The number of hydrogen-bond donors (Lipinski definition) is 1. The molecule has 1 atom stereocenters. The highest BCUT2D eigenvalue weighted by Crippen LogP contribution is 2.16. The Balaban J connectivity index is 0. The molecule has 2 nitrogen and oxygen atoms in total. The van der Waals surface area contributed by atoms with Crippen LogP contribution >= 0.6 is 0 Å². The second-order valence-electron chi connectivity index (χ2n) is 13.8. The number of unbranched alkanes of at least 4 members (excludes halogenated alkanes) is 27. The predicted molar refractivity (Wildman–Crippen MR) is 187 cm³/mol. The van der Waals surface area contributed by atoms with Gasteiger partial charge in [0.1, 0.15) is 6.54 Å². The summed E-state index contributed by atoms with van der Waals surface area (Å²) < 4.78 is 1.08. The van der Waals surface area contributed by atoms with Crippen LogP contribution in [-0.4, -0.2) is 42.9 Å². The minimum absolute atomic E-state index is 0. The fourth-order valence-corrected chi connectivity index (χ4v) is 6.36. The van der Waals surface area contributed by atoms with Gasteiger partial charge in [-0.1, -0.05) is 167 Å². The van der Waals surface area contributed by atoms with Crippen molar-refractivity contribution in [2.24, 2.45) is 0 Å². The molecule has 0 saturated carbocycles. The van der Waals surface area contributed by atoms with Crippen LogP contribution < -0.4 is 12.4 Å². The van der Waals surface area contributed by atoms with Gasteiger partial charge < -0.3 is 22.0 Å². The fraction of sp³-hybridized carbons (Fsp3) is 0.949. The van der Waals surface area contributed by atoms with E-state index in [1.807, 2.05) is 0 Å². The van der Waals surface area contributed by atoms with E-state index in [2.05, 4.69) is 33.0 Å². The Kier molecular flexibility index (Phi) is 39.0. The average Bonchev–Trinajstić information content (AvgIpc) is 2.97. The Hall–Kier alpha value is -0.0500. The third-order valence-electron chi connectivity index (χ3n) is 9.40. The minimum Gasteiger partial charge on any atom is -1.00 e. The molecule has 0 aliphatic rings. The van der Waals surface area contributed by atoms with E-state index in [0.717, 1.165) is 11.0 Å². The minimum atomic E-state index is 0. The number of quaternary nitrogens is 1. The molecular weight excluding hydrogens is 534 g/mol. The van der Waals surface area contributed by atoms with Gasteiger partial charge in [0, 0.05) is 0 Å². The third kappa shape index (κ3) is 34.4. The van der Waals surface area contributed by atoms with E-state index in [4.69, 9.17) is 0 Å². The number of hydrogen-bond acceptors (Lipinski definition) is 1. The summed E-state index contributed by atoms with van der Waals surface area (Å²) in [5.74, 6) is 0. The van der Waals surface area contributed by atoms with Gasteiger partial charge in [0.2, 0.25) is 0 Å².